The Labute approximate surface area is 200 Å². The number of rotatable bonds is 4. The van der Waals surface area contributed by atoms with Crippen LogP contribution in [0.15, 0.2) is 48.9 Å². The molecule has 4 rings (SSSR count). The number of hydrogen-bond donors (Lipinski definition) is 1. The highest BCUT2D eigenvalue weighted by Crippen LogP contribution is 2.34. The van der Waals surface area contributed by atoms with Gasteiger partial charge in [-0.1, -0.05) is 29.8 Å². The third-order valence-corrected chi connectivity index (χ3v) is 5.58. The van der Waals surface area contributed by atoms with Crippen LogP contribution in [0.25, 0.3) is 11.4 Å². The van der Waals surface area contributed by atoms with E-state index in [1.54, 1.807) is 24.5 Å². The van der Waals surface area contributed by atoms with Gasteiger partial charge in [0, 0.05) is 35.8 Å². The van der Waals surface area contributed by atoms with Crippen LogP contribution in [0.2, 0.25) is 5.02 Å². The van der Waals surface area contributed by atoms with Gasteiger partial charge in [-0.25, -0.2) is 15.0 Å². The first-order chi connectivity index (χ1) is 16.2. The van der Waals surface area contributed by atoms with Crippen LogP contribution in [0.1, 0.15) is 41.3 Å². The Hall–Kier alpha value is -3.04. The van der Waals surface area contributed by atoms with Crippen molar-refractivity contribution in [3.8, 4) is 17.3 Å². The molecule has 1 aromatic carbocycles. The van der Waals surface area contributed by atoms with Crippen LogP contribution in [0.5, 0.6) is 5.88 Å². The molecule has 1 aliphatic heterocycles. The molecule has 0 spiro atoms. The number of benzene rings is 1. The number of alkyl halides is 3. The lowest BCUT2D eigenvalue weighted by atomic mass is 10.0. The van der Waals surface area contributed by atoms with Gasteiger partial charge in [-0.3, -0.25) is 4.79 Å². The summed E-state index contributed by atoms with van der Waals surface area (Å²) in [6.07, 6.45) is 2.11. The zero-order valence-corrected chi connectivity index (χ0v) is 19.4. The van der Waals surface area contributed by atoms with E-state index in [2.05, 4.69) is 20.3 Å². The van der Waals surface area contributed by atoms with Crippen molar-refractivity contribution in [2.45, 2.75) is 45.0 Å². The lowest BCUT2D eigenvalue weighted by Crippen LogP contribution is -2.45. The van der Waals surface area contributed by atoms with Crippen LogP contribution >= 0.6 is 11.6 Å². The van der Waals surface area contributed by atoms with Crippen LogP contribution in [-0.2, 0) is 6.18 Å². The summed E-state index contributed by atoms with van der Waals surface area (Å²) >= 11 is 5.79. The molecule has 1 aliphatic rings. The normalized spacial score (nSPS) is 17.9. The first kappa shape index (κ1) is 25.6. The molecule has 0 bridgehead atoms. The highest BCUT2D eigenvalue weighted by Gasteiger charge is 2.32. The molecule has 0 amide bonds. The highest BCUT2D eigenvalue weighted by atomic mass is 35.5. The van der Waals surface area contributed by atoms with Gasteiger partial charge < -0.3 is 10.1 Å². The third kappa shape index (κ3) is 6.51. The molecule has 2 aromatic heterocycles. The molecule has 0 unspecified atom stereocenters. The van der Waals surface area contributed by atoms with Gasteiger partial charge in [-0.15, -0.1) is 0 Å². The van der Waals surface area contributed by atoms with Crippen LogP contribution in [0.3, 0.4) is 0 Å². The third-order valence-electron chi connectivity index (χ3n) is 5.31. The fourth-order valence-electron chi connectivity index (χ4n) is 3.51. The van der Waals surface area contributed by atoms with Crippen molar-refractivity contribution >= 4 is 17.9 Å². The molecule has 34 heavy (non-hydrogen) atoms. The summed E-state index contributed by atoms with van der Waals surface area (Å²) < 4.78 is 43.0. The smallest absolute Gasteiger partial charge is 0.417 e. The number of hydrogen-bond acceptors (Lipinski definition) is 6. The largest absolute Gasteiger partial charge is 0.472 e. The molecule has 0 aliphatic carbocycles. The predicted molar refractivity (Wildman–Crippen MR) is 123 cm³/mol. The number of nitrogens with zero attached hydrogens (tertiary/aromatic N) is 3. The number of ether oxygens (including phenoxy) is 1. The predicted octanol–water partition coefficient (Wildman–Crippen LogP) is 5.54. The van der Waals surface area contributed by atoms with Crippen molar-refractivity contribution in [2.24, 2.45) is 0 Å². The number of pyridine rings is 1. The quantitative estimate of drug-likeness (QED) is 0.482. The van der Waals surface area contributed by atoms with E-state index in [0.717, 1.165) is 49.1 Å². The minimum atomic E-state index is -4.45. The van der Waals surface area contributed by atoms with Crippen LogP contribution in [0, 0.1) is 6.92 Å². The van der Waals surface area contributed by atoms with Gasteiger partial charge in [0.15, 0.2) is 12.1 Å². The fraction of sp³-hybridized carbons (Fsp3) is 0.333. The second-order valence-electron chi connectivity index (χ2n) is 7.78. The second kappa shape index (κ2) is 11.4. The summed E-state index contributed by atoms with van der Waals surface area (Å²) in [5.74, 6) is 0.646. The molecule has 6 nitrogen and oxygen atoms in total. The van der Waals surface area contributed by atoms with E-state index in [-0.39, 0.29) is 23.0 Å². The SMILES string of the molecule is C[C@@H]1NCCC[C@H]1Oc1ncc(C(F)(F)F)cc1Cl.Cc1cccc(C=O)c1-c1ncccn1. The molecule has 0 saturated carbocycles. The highest BCUT2D eigenvalue weighted by molar-refractivity contribution is 6.31. The zero-order chi connectivity index (χ0) is 24.7. The Kier molecular flexibility index (Phi) is 8.57. The van der Waals surface area contributed by atoms with Crippen molar-refractivity contribution in [1.82, 2.24) is 20.3 Å². The van der Waals surface area contributed by atoms with Crippen molar-refractivity contribution in [3.05, 3.63) is 70.6 Å². The van der Waals surface area contributed by atoms with Gasteiger partial charge in [-0.2, -0.15) is 13.2 Å². The summed E-state index contributed by atoms with van der Waals surface area (Å²) in [7, 11) is 0. The molecule has 0 radical (unpaired) electrons. The van der Waals surface area contributed by atoms with Gasteiger partial charge in [0.1, 0.15) is 11.1 Å². The number of aldehydes is 1. The van der Waals surface area contributed by atoms with Gasteiger partial charge in [0.25, 0.3) is 0 Å². The standard InChI is InChI=1S/C12H14ClF3N2O.C12H10N2O/c1-7-10(3-2-4-17-7)19-11-9(13)5-8(6-18-11)12(14,15)16;1-9-4-2-5-10(8-15)11(9)12-13-6-3-7-14-12/h5-7,10,17H,2-4H2,1H3;2-8H,1H3/t7-,10+;/m0./s1. The summed E-state index contributed by atoms with van der Waals surface area (Å²) in [6.45, 7) is 4.82. The summed E-state index contributed by atoms with van der Waals surface area (Å²) in [6, 6.07) is 8.28. The number of halogens is 4. The van der Waals surface area contributed by atoms with Crippen LogP contribution in [-0.4, -0.2) is 39.9 Å². The minimum absolute atomic E-state index is 0.0511. The van der Waals surface area contributed by atoms with E-state index >= 15 is 0 Å². The first-order valence-electron chi connectivity index (χ1n) is 10.7. The monoisotopic (exact) mass is 492 g/mol. The first-order valence-corrected chi connectivity index (χ1v) is 11.0. The maximum absolute atomic E-state index is 12.5. The van der Waals surface area contributed by atoms with E-state index in [4.69, 9.17) is 16.3 Å². The van der Waals surface area contributed by atoms with Crippen molar-refractivity contribution in [3.63, 3.8) is 0 Å². The Bertz CT molecular complexity index is 1110. The Morgan fingerprint density at radius 1 is 1.18 bits per heavy atom. The number of carbonyl (C=O) groups excluding carboxylic acids is 1. The summed E-state index contributed by atoms with van der Waals surface area (Å²) in [5.41, 5.74) is 1.57. The van der Waals surface area contributed by atoms with E-state index in [0.29, 0.717) is 11.4 Å². The van der Waals surface area contributed by atoms with Gasteiger partial charge in [0.2, 0.25) is 5.88 Å². The van der Waals surface area contributed by atoms with E-state index in [1.165, 1.54) is 0 Å². The molecule has 1 saturated heterocycles. The maximum atomic E-state index is 12.5. The Morgan fingerprint density at radius 2 is 1.91 bits per heavy atom. The Morgan fingerprint density at radius 3 is 2.53 bits per heavy atom. The van der Waals surface area contributed by atoms with Crippen LogP contribution < -0.4 is 10.1 Å². The van der Waals surface area contributed by atoms with Crippen molar-refractivity contribution < 1.29 is 22.7 Å². The zero-order valence-electron chi connectivity index (χ0n) is 18.6. The molecule has 1 fully saturated rings. The number of piperidine rings is 1. The lowest BCUT2D eigenvalue weighted by Gasteiger charge is -2.30. The number of aryl methyl sites for hydroxylation is 1. The number of aromatic nitrogens is 3. The van der Waals surface area contributed by atoms with Crippen molar-refractivity contribution in [2.75, 3.05) is 6.54 Å². The summed E-state index contributed by atoms with van der Waals surface area (Å²) in [5, 5.41) is 3.11. The summed E-state index contributed by atoms with van der Waals surface area (Å²) in [4.78, 5) is 22.9. The van der Waals surface area contributed by atoms with E-state index in [1.807, 2.05) is 26.0 Å². The molecule has 3 heterocycles. The molecule has 180 valence electrons. The maximum Gasteiger partial charge on any atom is 0.417 e. The average Bonchev–Trinajstić information content (AvgIpc) is 2.82. The topological polar surface area (TPSA) is 77.0 Å². The van der Waals surface area contributed by atoms with Crippen molar-refractivity contribution in [1.29, 1.82) is 0 Å². The second-order valence-corrected chi connectivity index (χ2v) is 8.19. The molecular formula is C24H24ClF3N4O2. The molecule has 2 atom stereocenters. The van der Waals surface area contributed by atoms with Gasteiger partial charge >= 0.3 is 6.18 Å². The molecule has 10 heteroatoms. The van der Waals surface area contributed by atoms with Gasteiger partial charge in [0.05, 0.1) is 5.56 Å². The Balaban J connectivity index is 0.000000196. The fourth-order valence-corrected chi connectivity index (χ4v) is 3.72. The molecular weight excluding hydrogens is 469 g/mol. The van der Waals surface area contributed by atoms with E-state index in [9.17, 15) is 18.0 Å². The lowest BCUT2D eigenvalue weighted by molar-refractivity contribution is -0.137. The number of nitrogens with one attached hydrogen (secondary N) is 1. The van der Waals surface area contributed by atoms with Crippen LogP contribution in [0.4, 0.5) is 13.2 Å². The number of carbonyl (C=O) groups is 1. The average molecular weight is 493 g/mol. The minimum Gasteiger partial charge on any atom is -0.472 e. The van der Waals surface area contributed by atoms with E-state index < -0.39 is 11.7 Å². The van der Waals surface area contributed by atoms with Gasteiger partial charge in [-0.05, 0) is 50.9 Å². The molecule has 3 aromatic rings. The molecule has 1 N–H and O–H groups in total.